The van der Waals surface area contributed by atoms with Crippen LogP contribution in [0.2, 0.25) is 0 Å². The zero-order valence-corrected chi connectivity index (χ0v) is 12.6. The van der Waals surface area contributed by atoms with E-state index in [1.807, 2.05) is 0 Å². The third kappa shape index (κ3) is 5.84. The Morgan fingerprint density at radius 2 is 2.00 bits per heavy atom. The Hall–Kier alpha value is -0.720. The van der Waals surface area contributed by atoms with E-state index in [9.17, 15) is 4.79 Å². The summed E-state index contributed by atoms with van der Waals surface area (Å²) in [5.74, 6) is -0.133. The van der Waals surface area contributed by atoms with Crippen LogP contribution in [0.15, 0.2) is 5.38 Å². The number of aromatic nitrogens is 2. The Morgan fingerprint density at radius 1 is 1.26 bits per heavy atom. The number of hydrogen-bond donors (Lipinski definition) is 2. The number of amides is 1. The van der Waals surface area contributed by atoms with Crippen LogP contribution in [0.3, 0.4) is 0 Å². The second-order valence-corrected chi connectivity index (χ2v) is 5.30. The Bertz CT molecular complexity index is 353. The largest absolute Gasteiger partial charge is 0.349 e. The lowest BCUT2D eigenvalue weighted by molar-refractivity contribution is 0.0948. The van der Waals surface area contributed by atoms with Crippen LogP contribution < -0.4 is 10.6 Å². The molecule has 1 amide bonds. The van der Waals surface area contributed by atoms with Gasteiger partial charge in [0.1, 0.15) is 0 Å². The lowest BCUT2D eigenvalue weighted by atomic mass is 10.1. The fourth-order valence-electron chi connectivity index (χ4n) is 2.29. The number of carbonyl (C=O) groups excluding carboxylic acids is 1. The van der Waals surface area contributed by atoms with Gasteiger partial charge in [-0.25, -0.2) is 0 Å². The van der Waals surface area contributed by atoms with Crippen LogP contribution in [-0.4, -0.2) is 34.6 Å². The van der Waals surface area contributed by atoms with E-state index in [1.54, 1.807) is 5.38 Å². The van der Waals surface area contributed by atoms with E-state index < -0.39 is 0 Å². The Labute approximate surface area is 124 Å². The first-order valence-corrected chi connectivity index (χ1v) is 7.48. The minimum Gasteiger partial charge on any atom is -0.349 e. The van der Waals surface area contributed by atoms with E-state index >= 15 is 0 Å². The highest BCUT2D eigenvalue weighted by Gasteiger charge is 2.11. The van der Waals surface area contributed by atoms with Gasteiger partial charge in [-0.3, -0.25) is 4.79 Å². The van der Waals surface area contributed by atoms with Crippen LogP contribution in [0.25, 0.3) is 0 Å². The van der Waals surface area contributed by atoms with Gasteiger partial charge in [-0.2, -0.15) is 0 Å². The van der Waals surface area contributed by atoms with E-state index in [4.69, 9.17) is 0 Å². The molecular weight excluding hydrogens is 284 g/mol. The fraction of sp³-hybridized carbons (Fsp3) is 0.750. The molecule has 7 heteroatoms. The molecular formula is C12H21ClN4OS. The summed E-state index contributed by atoms with van der Waals surface area (Å²) in [7, 11) is 0. The van der Waals surface area contributed by atoms with Crippen LogP contribution in [0.4, 0.5) is 0 Å². The molecule has 0 atom stereocenters. The van der Waals surface area contributed by atoms with Crippen LogP contribution in [0.1, 0.15) is 49.0 Å². The first-order valence-electron chi connectivity index (χ1n) is 6.65. The molecule has 19 heavy (non-hydrogen) atoms. The third-order valence-electron chi connectivity index (χ3n) is 3.29. The van der Waals surface area contributed by atoms with Gasteiger partial charge in [0, 0.05) is 24.5 Å². The second kappa shape index (κ2) is 9.23. The predicted molar refractivity (Wildman–Crippen MR) is 79.0 cm³/mol. The van der Waals surface area contributed by atoms with Gasteiger partial charge in [0.05, 0.1) is 0 Å². The average Bonchev–Trinajstić information content (AvgIpc) is 2.80. The Balaban J connectivity index is 0.00000180. The summed E-state index contributed by atoms with van der Waals surface area (Å²) in [5.41, 5.74) is 0.412. The zero-order chi connectivity index (χ0) is 12.6. The van der Waals surface area contributed by atoms with E-state index in [2.05, 4.69) is 20.2 Å². The van der Waals surface area contributed by atoms with Gasteiger partial charge in [-0.15, -0.1) is 17.5 Å². The van der Waals surface area contributed by atoms with Crippen LogP contribution in [-0.2, 0) is 0 Å². The zero-order valence-electron chi connectivity index (χ0n) is 10.9. The normalized spacial score (nSPS) is 16.4. The molecule has 2 rings (SSSR count). The highest BCUT2D eigenvalue weighted by atomic mass is 35.5. The van der Waals surface area contributed by atoms with Crippen LogP contribution in [0, 0.1) is 0 Å². The number of hydrogen-bond acceptors (Lipinski definition) is 5. The van der Waals surface area contributed by atoms with Gasteiger partial charge in [-0.1, -0.05) is 30.2 Å². The molecule has 1 aliphatic rings. The molecule has 0 aromatic carbocycles. The molecule has 1 saturated carbocycles. The SMILES string of the molecule is Cl.O=C(NCCNC1CCCCCC1)c1csnn1. The lowest BCUT2D eigenvalue weighted by Crippen LogP contribution is -2.37. The molecule has 0 radical (unpaired) electrons. The van der Waals surface area contributed by atoms with Crippen molar-refractivity contribution in [3.8, 4) is 0 Å². The molecule has 1 fully saturated rings. The number of carbonyl (C=O) groups is 1. The van der Waals surface area contributed by atoms with Crippen molar-refractivity contribution in [3.05, 3.63) is 11.1 Å². The van der Waals surface area contributed by atoms with Gasteiger partial charge in [0.2, 0.25) is 0 Å². The Kier molecular flexibility index (Phi) is 7.93. The summed E-state index contributed by atoms with van der Waals surface area (Å²) in [6.45, 7) is 1.47. The molecule has 5 nitrogen and oxygen atoms in total. The van der Waals surface area contributed by atoms with Crippen molar-refractivity contribution in [1.29, 1.82) is 0 Å². The maximum Gasteiger partial charge on any atom is 0.272 e. The first-order chi connectivity index (χ1) is 8.86. The quantitative estimate of drug-likeness (QED) is 0.645. The molecule has 0 bridgehead atoms. The standard InChI is InChI=1S/C12H20N4OS.ClH/c17-12(11-9-18-16-15-11)14-8-7-13-10-5-3-1-2-4-6-10;/h9-10,13H,1-8H2,(H,14,17);1H. The smallest absolute Gasteiger partial charge is 0.272 e. The average molecular weight is 305 g/mol. The van der Waals surface area contributed by atoms with E-state index in [0.717, 1.165) is 6.54 Å². The first kappa shape index (κ1) is 16.3. The number of nitrogens with zero attached hydrogens (tertiary/aromatic N) is 2. The Morgan fingerprint density at radius 3 is 2.63 bits per heavy atom. The summed E-state index contributed by atoms with van der Waals surface area (Å²) in [4.78, 5) is 11.6. The summed E-state index contributed by atoms with van der Waals surface area (Å²) in [5, 5.41) is 11.8. The van der Waals surface area contributed by atoms with Gasteiger partial charge in [-0.05, 0) is 24.4 Å². The molecule has 0 saturated heterocycles. The molecule has 108 valence electrons. The van der Waals surface area contributed by atoms with E-state index in [1.165, 1.54) is 50.1 Å². The lowest BCUT2D eigenvalue weighted by Gasteiger charge is -2.16. The predicted octanol–water partition coefficient (Wildman–Crippen LogP) is 2.00. The molecule has 1 aromatic heterocycles. The summed E-state index contributed by atoms with van der Waals surface area (Å²) < 4.78 is 3.67. The van der Waals surface area contributed by atoms with Gasteiger partial charge in [0.15, 0.2) is 5.69 Å². The van der Waals surface area contributed by atoms with Crippen molar-refractivity contribution in [2.24, 2.45) is 0 Å². The van der Waals surface area contributed by atoms with Crippen molar-refractivity contribution in [2.45, 2.75) is 44.6 Å². The highest BCUT2D eigenvalue weighted by molar-refractivity contribution is 7.03. The van der Waals surface area contributed by atoms with Gasteiger partial charge in [0.25, 0.3) is 5.91 Å². The molecule has 2 N–H and O–H groups in total. The molecule has 1 aliphatic carbocycles. The monoisotopic (exact) mass is 304 g/mol. The van der Waals surface area contributed by atoms with Crippen molar-refractivity contribution < 1.29 is 4.79 Å². The third-order valence-corrected chi connectivity index (χ3v) is 3.80. The molecule has 1 heterocycles. The molecule has 0 aliphatic heterocycles. The number of halogens is 1. The molecule has 0 unspecified atom stereocenters. The van der Waals surface area contributed by atoms with E-state index in [-0.39, 0.29) is 18.3 Å². The van der Waals surface area contributed by atoms with Crippen LogP contribution >= 0.6 is 23.9 Å². The summed E-state index contributed by atoms with van der Waals surface area (Å²) in [6, 6.07) is 0.630. The van der Waals surface area contributed by atoms with E-state index in [0.29, 0.717) is 18.3 Å². The minimum absolute atomic E-state index is 0. The topological polar surface area (TPSA) is 66.9 Å². The molecule has 1 aromatic rings. The van der Waals surface area contributed by atoms with Crippen LogP contribution in [0.5, 0.6) is 0 Å². The summed E-state index contributed by atoms with van der Waals surface area (Å²) in [6.07, 6.45) is 7.93. The van der Waals surface area contributed by atoms with Gasteiger partial charge >= 0.3 is 0 Å². The summed E-state index contributed by atoms with van der Waals surface area (Å²) >= 11 is 1.19. The second-order valence-electron chi connectivity index (χ2n) is 4.69. The number of nitrogens with one attached hydrogen (secondary N) is 2. The van der Waals surface area contributed by atoms with Crippen molar-refractivity contribution in [3.63, 3.8) is 0 Å². The maximum atomic E-state index is 11.6. The number of rotatable bonds is 5. The minimum atomic E-state index is -0.133. The van der Waals surface area contributed by atoms with Crippen molar-refractivity contribution in [2.75, 3.05) is 13.1 Å². The van der Waals surface area contributed by atoms with Crippen molar-refractivity contribution >= 4 is 29.8 Å². The maximum absolute atomic E-state index is 11.6. The highest BCUT2D eigenvalue weighted by Crippen LogP contribution is 2.16. The van der Waals surface area contributed by atoms with Crippen molar-refractivity contribution in [1.82, 2.24) is 20.2 Å². The van der Waals surface area contributed by atoms with Gasteiger partial charge < -0.3 is 10.6 Å². The molecule has 0 spiro atoms. The fourth-order valence-corrected chi connectivity index (χ4v) is 2.73.